The van der Waals surface area contributed by atoms with Crippen molar-refractivity contribution in [1.82, 2.24) is 19.9 Å². The summed E-state index contributed by atoms with van der Waals surface area (Å²) >= 11 is 11.1. The number of hydrogen-bond donors (Lipinski definition) is 1. The van der Waals surface area contributed by atoms with E-state index < -0.39 is 0 Å². The maximum Gasteiger partial charge on any atom is 0.224 e. The molecule has 0 radical (unpaired) electrons. The summed E-state index contributed by atoms with van der Waals surface area (Å²) in [7, 11) is 0. The van der Waals surface area contributed by atoms with Gasteiger partial charge in [0.15, 0.2) is 5.65 Å². The highest BCUT2D eigenvalue weighted by Crippen LogP contribution is 2.12. The van der Waals surface area contributed by atoms with Crippen molar-refractivity contribution >= 4 is 46.8 Å². The number of aromatic amines is 1. The molecule has 0 aliphatic heterocycles. The fourth-order valence-electron chi connectivity index (χ4n) is 0.757. The molecule has 1 N–H and O–H groups in total. The zero-order valence-corrected chi connectivity index (χ0v) is 7.91. The van der Waals surface area contributed by atoms with E-state index in [9.17, 15) is 0 Å². The lowest BCUT2D eigenvalue weighted by atomic mass is 10.6. The van der Waals surface area contributed by atoms with Crippen molar-refractivity contribution in [2.24, 2.45) is 0 Å². The van der Waals surface area contributed by atoms with Crippen molar-refractivity contribution in [2.75, 3.05) is 0 Å². The van der Waals surface area contributed by atoms with Crippen LogP contribution in [0.3, 0.4) is 0 Å². The number of nitrogens with one attached hydrogen (secondary N) is 1. The van der Waals surface area contributed by atoms with Gasteiger partial charge < -0.3 is 4.98 Å². The highest BCUT2D eigenvalue weighted by molar-refractivity contribution is 6.29. The average molecular weight is 225 g/mol. The third kappa shape index (κ3) is 1.60. The second kappa shape index (κ2) is 3.43. The molecule has 64 valence electrons. The molecule has 0 bridgehead atoms. The van der Waals surface area contributed by atoms with Gasteiger partial charge in [0.25, 0.3) is 0 Å². The lowest BCUT2D eigenvalue weighted by molar-refractivity contribution is 1.20. The SMILES string of the molecule is Cl.Clc1ncc2[nH]c(Cl)nc2n1. The number of H-pyrrole nitrogens is 1. The first kappa shape index (κ1) is 9.51. The van der Waals surface area contributed by atoms with Gasteiger partial charge in [-0.2, -0.15) is 9.97 Å². The molecule has 7 heteroatoms. The van der Waals surface area contributed by atoms with Gasteiger partial charge in [0.1, 0.15) is 5.52 Å². The molecule has 4 nitrogen and oxygen atoms in total. The van der Waals surface area contributed by atoms with Crippen LogP contribution in [-0.4, -0.2) is 19.9 Å². The van der Waals surface area contributed by atoms with Crippen LogP contribution in [-0.2, 0) is 0 Å². The molecule has 0 atom stereocenters. The topological polar surface area (TPSA) is 54.5 Å². The average Bonchev–Trinajstić information content (AvgIpc) is 2.27. The minimum absolute atomic E-state index is 0. The van der Waals surface area contributed by atoms with E-state index in [1.54, 1.807) is 0 Å². The largest absolute Gasteiger partial charge is 0.326 e. The Morgan fingerprint density at radius 2 is 2.00 bits per heavy atom. The van der Waals surface area contributed by atoms with Crippen LogP contribution in [0, 0.1) is 0 Å². The number of rotatable bonds is 0. The van der Waals surface area contributed by atoms with Crippen LogP contribution in [0.1, 0.15) is 0 Å². The molecule has 0 fully saturated rings. The Labute approximate surface area is 83.7 Å². The van der Waals surface area contributed by atoms with E-state index in [0.29, 0.717) is 11.2 Å². The molecule has 2 aromatic heterocycles. The molecule has 0 spiro atoms. The Kier molecular flexibility index (Phi) is 2.72. The minimum Gasteiger partial charge on any atom is -0.326 e. The quantitative estimate of drug-likeness (QED) is 0.552. The molecule has 0 amide bonds. The normalized spacial score (nSPS) is 9.83. The Morgan fingerprint density at radius 3 is 2.75 bits per heavy atom. The maximum atomic E-state index is 5.56. The number of aromatic nitrogens is 4. The Morgan fingerprint density at radius 1 is 1.25 bits per heavy atom. The number of imidazole rings is 1. The standard InChI is InChI=1S/C5H2Cl2N4.ClH/c6-4-8-1-2-3(10-4)11-5(7)9-2;/h1H,(H,8,9,10,11);1H. The summed E-state index contributed by atoms with van der Waals surface area (Å²) in [6.07, 6.45) is 1.53. The summed E-state index contributed by atoms with van der Waals surface area (Å²) in [5.41, 5.74) is 1.16. The van der Waals surface area contributed by atoms with Gasteiger partial charge in [-0.3, -0.25) is 0 Å². The van der Waals surface area contributed by atoms with Crippen LogP contribution in [0.15, 0.2) is 6.20 Å². The van der Waals surface area contributed by atoms with Crippen LogP contribution in [0.25, 0.3) is 11.2 Å². The first-order valence-corrected chi connectivity index (χ1v) is 3.55. The summed E-state index contributed by atoms with van der Waals surface area (Å²) in [5, 5.41) is 0.456. The summed E-state index contributed by atoms with van der Waals surface area (Å²) in [6.45, 7) is 0. The first-order valence-electron chi connectivity index (χ1n) is 2.79. The summed E-state index contributed by atoms with van der Waals surface area (Å²) in [6, 6.07) is 0. The summed E-state index contributed by atoms with van der Waals surface area (Å²) < 4.78 is 0. The second-order valence-electron chi connectivity index (χ2n) is 1.90. The van der Waals surface area contributed by atoms with Crippen molar-refractivity contribution < 1.29 is 0 Å². The van der Waals surface area contributed by atoms with E-state index in [2.05, 4.69) is 19.9 Å². The number of halogens is 3. The van der Waals surface area contributed by atoms with E-state index in [0.717, 1.165) is 0 Å². The molecule has 2 heterocycles. The van der Waals surface area contributed by atoms with Gasteiger partial charge in [0, 0.05) is 0 Å². The van der Waals surface area contributed by atoms with E-state index >= 15 is 0 Å². The first-order chi connectivity index (χ1) is 5.25. The molecule has 2 rings (SSSR count). The molecule has 0 aliphatic carbocycles. The zero-order valence-electron chi connectivity index (χ0n) is 5.58. The zero-order chi connectivity index (χ0) is 7.84. The van der Waals surface area contributed by atoms with Crippen LogP contribution >= 0.6 is 35.6 Å². The minimum atomic E-state index is 0. The fraction of sp³-hybridized carbons (Fsp3) is 0. The van der Waals surface area contributed by atoms with E-state index in [4.69, 9.17) is 23.2 Å². The molecular weight excluding hydrogens is 222 g/mol. The van der Waals surface area contributed by atoms with E-state index in [1.165, 1.54) is 6.20 Å². The van der Waals surface area contributed by atoms with E-state index in [-0.39, 0.29) is 23.0 Å². The van der Waals surface area contributed by atoms with Gasteiger partial charge in [-0.15, -0.1) is 12.4 Å². The molecule has 0 aliphatic rings. The molecular formula is C5H3Cl3N4. The van der Waals surface area contributed by atoms with Gasteiger partial charge >= 0.3 is 0 Å². The highest BCUT2D eigenvalue weighted by atomic mass is 35.5. The molecule has 2 aromatic rings. The van der Waals surface area contributed by atoms with Gasteiger partial charge in [-0.05, 0) is 23.2 Å². The Hall–Kier alpha value is -0.580. The fourth-order valence-corrected chi connectivity index (χ4v) is 1.07. The molecule has 0 aromatic carbocycles. The summed E-state index contributed by atoms with van der Waals surface area (Å²) in [4.78, 5) is 14.2. The van der Waals surface area contributed by atoms with Crippen molar-refractivity contribution in [3.63, 3.8) is 0 Å². The Balaban J connectivity index is 0.000000720. The lowest BCUT2D eigenvalue weighted by Gasteiger charge is -1.85. The lowest BCUT2D eigenvalue weighted by Crippen LogP contribution is -1.81. The Bertz CT molecular complexity index is 398. The van der Waals surface area contributed by atoms with Crippen LogP contribution in [0.4, 0.5) is 0 Å². The maximum absolute atomic E-state index is 5.56. The molecule has 0 unspecified atom stereocenters. The molecule has 12 heavy (non-hydrogen) atoms. The van der Waals surface area contributed by atoms with Gasteiger partial charge in [-0.25, -0.2) is 4.98 Å². The number of nitrogens with zero attached hydrogens (tertiary/aromatic N) is 3. The monoisotopic (exact) mass is 224 g/mol. The van der Waals surface area contributed by atoms with Crippen molar-refractivity contribution in [3.8, 4) is 0 Å². The number of fused-ring (bicyclic) bond motifs is 1. The predicted octanol–water partition coefficient (Wildman–Crippen LogP) is 2.08. The smallest absolute Gasteiger partial charge is 0.224 e. The van der Waals surface area contributed by atoms with Crippen LogP contribution in [0.5, 0.6) is 0 Å². The van der Waals surface area contributed by atoms with Crippen molar-refractivity contribution in [2.45, 2.75) is 0 Å². The summed E-state index contributed by atoms with van der Waals surface area (Å²) in [5.74, 6) is 0. The van der Waals surface area contributed by atoms with E-state index in [1.807, 2.05) is 0 Å². The van der Waals surface area contributed by atoms with Gasteiger partial charge in [-0.1, -0.05) is 0 Å². The van der Waals surface area contributed by atoms with Crippen molar-refractivity contribution in [3.05, 3.63) is 16.8 Å². The van der Waals surface area contributed by atoms with Gasteiger partial charge in [0.05, 0.1) is 6.20 Å². The van der Waals surface area contributed by atoms with Gasteiger partial charge in [0.2, 0.25) is 10.6 Å². The molecule has 0 saturated carbocycles. The third-order valence-electron chi connectivity index (χ3n) is 1.18. The van der Waals surface area contributed by atoms with Crippen LogP contribution in [0.2, 0.25) is 10.6 Å². The van der Waals surface area contributed by atoms with Crippen molar-refractivity contribution in [1.29, 1.82) is 0 Å². The predicted molar refractivity (Wildman–Crippen MR) is 49.0 cm³/mol. The third-order valence-corrected chi connectivity index (χ3v) is 1.54. The van der Waals surface area contributed by atoms with Crippen LogP contribution < -0.4 is 0 Å². The highest BCUT2D eigenvalue weighted by Gasteiger charge is 2.01. The second-order valence-corrected chi connectivity index (χ2v) is 2.60. The number of hydrogen-bond acceptors (Lipinski definition) is 3. The molecule has 0 saturated heterocycles.